The summed E-state index contributed by atoms with van der Waals surface area (Å²) in [4.78, 5) is 11.9. The predicted octanol–water partition coefficient (Wildman–Crippen LogP) is 3.02. The summed E-state index contributed by atoms with van der Waals surface area (Å²) in [6.45, 7) is 2.54. The minimum atomic E-state index is -0.690. The lowest BCUT2D eigenvalue weighted by Crippen LogP contribution is -2.19. The Balaban J connectivity index is 1.93. The third-order valence-corrected chi connectivity index (χ3v) is 4.68. The van der Waals surface area contributed by atoms with Crippen molar-refractivity contribution in [1.82, 2.24) is 14.8 Å². The summed E-state index contributed by atoms with van der Waals surface area (Å²) in [7, 11) is 0. The highest BCUT2D eigenvalue weighted by Gasteiger charge is 2.24. The van der Waals surface area contributed by atoms with Crippen molar-refractivity contribution in [2.24, 2.45) is 5.73 Å². The number of nitrogens with zero attached hydrogens (tertiary/aromatic N) is 3. The Labute approximate surface area is 141 Å². The molecule has 0 fully saturated rings. The minimum Gasteiger partial charge on any atom is -0.461 e. The van der Waals surface area contributed by atoms with Gasteiger partial charge in [0.05, 0.1) is 6.26 Å². The molecule has 3 aromatic rings. The van der Waals surface area contributed by atoms with E-state index in [0.717, 1.165) is 0 Å². The van der Waals surface area contributed by atoms with E-state index in [4.69, 9.17) is 10.2 Å². The van der Waals surface area contributed by atoms with Crippen LogP contribution in [-0.4, -0.2) is 20.7 Å². The lowest BCUT2D eigenvalue weighted by Gasteiger charge is -2.13. The Morgan fingerprint density at radius 2 is 2.08 bits per heavy atom. The third-order valence-electron chi connectivity index (χ3n) is 3.43. The molecule has 0 saturated carbocycles. The molecule has 0 aliphatic carbocycles. The van der Waals surface area contributed by atoms with Crippen molar-refractivity contribution < 1.29 is 13.6 Å². The molecule has 1 aromatic carbocycles. The first-order chi connectivity index (χ1) is 11.6. The second-order valence-corrected chi connectivity index (χ2v) is 6.05. The molecule has 24 heavy (non-hydrogen) atoms. The third kappa shape index (κ3) is 3.18. The van der Waals surface area contributed by atoms with Gasteiger partial charge in [-0.1, -0.05) is 23.9 Å². The average molecular weight is 346 g/mol. The summed E-state index contributed by atoms with van der Waals surface area (Å²) in [6, 6.07) is 9.22. The van der Waals surface area contributed by atoms with Crippen LogP contribution in [0.15, 0.2) is 52.2 Å². The van der Waals surface area contributed by atoms with Gasteiger partial charge in [0.1, 0.15) is 11.1 Å². The van der Waals surface area contributed by atoms with Crippen LogP contribution in [0.4, 0.5) is 4.39 Å². The Morgan fingerprint density at radius 3 is 2.67 bits per heavy atom. The van der Waals surface area contributed by atoms with Gasteiger partial charge in [-0.2, -0.15) is 0 Å². The quantitative estimate of drug-likeness (QED) is 0.693. The molecule has 0 aliphatic heterocycles. The van der Waals surface area contributed by atoms with Crippen LogP contribution in [-0.2, 0) is 11.3 Å². The summed E-state index contributed by atoms with van der Waals surface area (Å²) in [5.41, 5.74) is 6.13. The second kappa shape index (κ2) is 6.88. The summed E-state index contributed by atoms with van der Waals surface area (Å²) in [5, 5.41) is 8.13. The molecule has 0 spiro atoms. The monoisotopic (exact) mass is 346 g/mol. The fraction of sp³-hybridized carbons (Fsp3) is 0.188. The molecule has 0 unspecified atom stereocenters. The zero-order chi connectivity index (χ0) is 17.1. The van der Waals surface area contributed by atoms with Gasteiger partial charge in [0.2, 0.25) is 5.91 Å². The molecule has 0 bridgehead atoms. The van der Waals surface area contributed by atoms with E-state index in [-0.39, 0.29) is 5.82 Å². The van der Waals surface area contributed by atoms with Gasteiger partial charge in [-0.05, 0) is 36.8 Å². The van der Waals surface area contributed by atoms with E-state index < -0.39 is 11.2 Å². The fourth-order valence-corrected chi connectivity index (χ4v) is 3.33. The molecule has 2 heterocycles. The second-order valence-electron chi connectivity index (χ2n) is 4.98. The molecule has 6 nitrogen and oxygen atoms in total. The van der Waals surface area contributed by atoms with Crippen molar-refractivity contribution in [3.63, 3.8) is 0 Å². The van der Waals surface area contributed by atoms with Gasteiger partial charge in [-0.3, -0.25) is 9.36 Å². The SMILES string of the molecule is CCn1c(S[C@@H](C(N)=O)c2ccc(F)cc2)nnc1-c1ccco1. The van der Waals surface area contributed by atoms with Gasteiger partial charge in [-0.15, -0.1) is 10.2 Å². The number of benzene rings is 1. The number of furan rings is 1. The Hall–Kier alpha value is -2.61. The number of thioether (sulfide) groups is 1. The normalized spacial score (nSPS) is 12.2. The number of aromatic nitrogens is 3. The van der Waals surface area contributed by atoms with Crippen LogP contribution < -0.4 is 5.73 Å². The number of hydrogen-bond acceptors (Lipinski definition) is 5. The molecule has 0 aliphatic rings. The summed E-state index contributed by atoms with van der Waals surface area (Å²) in [6.07, 6.45) is 1.56. The molecule has 2 N–H and O–H groups in total. The van der Waals surface area contributed by atoms with Crippen molar-refractivity contribution in [2.45, 2.75) is 23.9 Å². The Bertz CT molecular complexity index is 830. The number of amides is 1. The highest BCUT2D eigenvalue weighted by Crippen LogP contribution is 2.35. The van der Waals surface area contributed by atoms with Crippen LogP contribution in [0.2, 0.25) is 0 Å². The molecule has 0 radical (unpaired) electrons. The van der Waals surface area contributed by atoms with Gasteiger partial charge in [0.25, 0.3) is 0 Å². The molecule has 0 saturated heterocycles. The van der Waals surface area contributed by atoms with Crippen LogP contribution in [0, 0.1) is 5.82 Å². The highest BCUT2D eigenvalue weighted by molar-refractivity contribution is 8.00. The molecule has 3 rings (SSSR count). The highest BCUT2D eigenvalue weighted by atomic mass is 32.2. The van der Waals surface area contributed by atoms with Gasteiger partial charge in [-0.25, -0.2) is 4.39 Å². The maximum atomic E-state index is 13.1. The fourth-order valence-electron chi connectivity index (χ4n) is 2.28. The molecule has 2 aromatic heterocycles. The van der Waals surface area contributed by atoms with Crippen molar-refractivity contribution in [1.29, 1.82) is 0 Å². The first-order valence-corrected chi connectivity index (χ1v) is 8.16. The Kier molecular flexibility index (Phi) is 4.66. The van der Waals surface area contributed by atoms with Crippen LogP contribution >= 0.6 is 11.8 Å². The van der Waals surface area contributed by atoms with E-state index in [1.807, 2.05) is 11.5 Å². The van der Waals surface area contributed by atoms with Crippen molar-refractivity contribution >= 4 is 17.7 Å². The van der Waals surface area contributed by atoms with Crippen molar-refractivity contribution in [2.75, 3.05) is 0 Å². The molecule has 1 amide bonds. The number of carbonyl (C=O) groups is 1. The van der Waals surface area contributed by atoms with Crippen LogP contribution in [0.5, 0.6) is 0 Å². The van der Waals surface area contributed by atoms with Gasteiger partial charge >= 0.3 is 0 Å². The molecule has 8 heteroatoms. The van der Waals surface area contributed by atoms with E-state index >= 15 is 0 Å². The topological polar surface area (TPSA) is 86.9 Å². The van der Waals surface area contributed by atoms with Crippen LogP contribution in [0.25, 0.3) is 11.6 Å². The van der Waals surface area contributed by atoms with Crippen LogP contribution in [0.1, 0.15) is 17.7 Å². The number of rotatable bonds is 6. The maximum Gasteiger partial charge on any atom is 0.235 e. The lowest BCUT2D eigenvalue weighted by atomic mass is 10.1. The standard InChI is InChI=1S/C16H15FN4O2S/c1-2-21-15(12-4-3-9-23-12)19-20-16(21)24-13(14(18)22)10-5-7-11(17)8-6-10/h3-9,13H,2H2,1H3,(H2,18,22)/t13-/m1/s1. The number of hydrogen-bond donors (Lipinski definition) is 1. The van der Waals surface area contributed by atoms with Gasteiger partial charge < -0.3 is 10.2 Å². The number of primary amides is 1. The van der Waals surface area contributed by atoms with E-state index in [2.05, 4.69) is 10.2 Å². The van der Waals surface area contributed by atoms with E-state index in [1.165, 1.54) is 36.0 Å². The maximum absolute atomic E-state index is 13.1. The first kappa shape index (κ1) is 16.3. The van der Waals surface area contributed by atoms with Gasteiger partial charge in [0, 0.05) is 6.54 Å². The van der Waals surface area contributed by atoms with E-state index in [1.54, 1.807) is 18.4 Å². The van der Waals surface area contributed by atoms with E-state index in [0.29, 0.717) is 28.8 Å². The molecule has 1 atom stereocenters. The summed E-state index contributed by atoms with van der Waals surface area (Å²) in [5.74, 6) is 0.265. The van der Waals surface area contributed by atoms with Crippen molar-refractivity contribution in [3.05, 3.63) is 54.0 Å². The lowest BCUT2D eigenvalue weighted by molar-refractivity contribution is -0.117. The van der Waals surface area contributed by atoms with Gasteiger partial charge in [0.15, 0.2) is 16.7 Å². The zero-order valence-corrected chi connectivity index (χ0v) is 13.7. The molecule has 124 valence electrons. The van der Waals surface area contributed by atoms with Crippen LogP contribution in [0.3, 0.4) is 0 Å². The number of carbonyl (C=O) groups excluding carboxylic acids is 1. The largest absolute Gasteiger partial charge is 0.461 e. The van der Waals surface area contributed by atoms with Crippen molar-refractivity contribution in [3.8, 4) is 11.6 Å². The first-order valence-electron chi connectivity index (χ1n) is 7.28. The average Bonchev–Trinajstić information content (AvgIpc) is 3.22. The molecular weight excluding hydrogens is 331 g/mol. The van der Waals surface area contributed by atoms with E-state index in [9.17, 15) is 9.18 Å². The minimum absolute atomic E-state index is 0.371. The number of nitrogens with two attached hydrogens (primary N) is 1. The predicted molar refractivity (Wildman–Crippen MR) is 87.6 cm³/mol. The smallest absolute Gasteiger partial charge is 0.235 e. The zero-order valence-electron chi connectivity index (χ0n) is 12.8. The summed E-state index contributed by atoms with van der Waals surface area (Å²) < 4.78 is 20.3. The number of halogens is 1. The summed E-state index contributed by atoms with van der Waals surface area (Å²) >= 11 is 1.18. The molecular formula is C16H15FN4O2S. The Morgan fingerprint density at radius 1 is 1.33 bits per heavy atom.